The highest BCUT2D eigenvalue weighted by atomic mass is 16.3. The molecular formula is C12H24O2. The molecule has 14 heavy (non-hydrogen) atoms. The maximum atomic E-state index is 9.60. The van der Waals surface area contributed by atoms with E-state index < -0.39 is 0 Å². The lowest BCUT2D eigenvalue weighted by Crippen LogP contribution is -2.09. The molecule has 0 aromatic rings. The van der Waals surface area contributed by atoms with Crippen LogP contribution in [0.2, 0.25) is 0 Å². The topological polar surface area (TPSA) is 40.5 Å². The van der Waals surface area contributed by atoms with Gasteiger partial charge in [0.25, 0.3) is 0 Å². The smallest absolute Gasteiger partial charge is 0.0540 e. The predicted molar refractivity (Wildman–Crippen MR) is 58.2 cm³/mol. The van der Waals surface area contributed by atoms with Gasteiger partial charge in [-0.1, -0.05) is 38.5 Å². The predicted octanol–water partition coefficient (Wildman–Crippen LogP) is 2.62. The van der Waals surface area contributed by atoms with Crippen molar-refractivity contribution in [3.63, 3.8) is 0 Å². The minimum absolute atomic E-state index is 0.0700. The van der Waals surface area contributed by atoms with Gasteiger partial charge >= 0.3 is 0 Å². The molecule has 1 fully saturated rings. The fourth-order valence-corrected chi connectivity index (χ4v) is 2.16. The van der Waals surface area contributed by atoms with Gasteiger partial charge in [-0.05, 0) is 25.7 Å². The van der Waals surface area contributed by atoms with Crippen LogP contribution in [0.4, 0.5) is 0 Å². The molecule has 1 aliphatic rings. The standard InChI is InChI=1S/C12H24O2/c13-11-7-3-1-4-8-12(14)10-6-2-5-9-11/h11-14H,1-10H2. The second kappa shape index (κ2) is 7.24. The van der Waals surface area contributed by atoms with E-state index in [1.54, 1.807) is 0 Å². The maximum Gasteiger partial charge on any atom is 0.0540 e. The Balaban J connectivity index is 2.19. The first-order valence-electron chi connectivity index (χ1n) is 6.15. The summed E-state index contributed by atoms with van der Waals surface area (Å²) in [6.07, 6.45) is 10.5. The van der Waals surface area contributed by atoms with Gasteiger partial charge in [-0.15, -0.1) is 0 Å². The van der Waals surface area contributed by atoms with Crippen LogP contribution in [0, 0.1) is 0 Å². The van der Waals surface area contributed by atoms with Crippen LogP contribution < -0.4 is 0 Å². The Morgan fingerprint density at radius 2 is 0.786 bits per heavy atom. The van der Waals surface area contributed by atoms with Gasteiger partial charge in [0.2, 0.25) is 0 Å². The molecule has 1 aliphatic carbocycles. The van der Waals surface area contributed by atoms with Gasteiger partial charge in [-0.2, -0.15) is 0 Å². The molecule has 2 nitrogen and oxygen atoms in total. The van der Waals surface area contributed by atoms with Gasteiger partial charge in [0.05, 0.1) is 12.2 Å². The van der Waals surface area contributed by atoms with Gasteiger partial charge in [0.1, 0.15) is 0 Å². The van der Waals surface area contributed by atoms with Crippen LogP contribution >= 0.6 is 0 Å². The summed E-state index contributed by atoms with van der Waals surface area (Å²) in [6.45, 7) is 0. The third-order valence-corrected chi connectivity index (χ3v) is 3.15. The van der Waals surface area contributed by atoms with Crippen LogP contribution in [0.15, 0.2) is 0 Å². The average molecular weight is 200 g/mol. The third kappa shape index (κ3) is 5.61. The Bertz CT molecular complexity index is 108. The molecule has 84 valence electrons. The molecule has 1 saturated carbocycles. The second-order valence-corrected chi connectivity index (χ2v) is 4.58. The van der Waals surface area contributed by atoms with E-state index in [0.29, 0.717) is 0 Å². The number of aliphatic hydroxyl groups excluding tert-OH is 2. The van der Waals surface area contributed by atoms with E-state index in [1.807, 2.05) is 0 Å². The summed E-state index contributed by atoms with van der Waals surface area (Å²) in [5.41, 5.74) is 0. The first-order valence-corrected chi connectivity index (χ1v) is 6.15. The number of aliphatic hydroxyl groups is 2. The lowest BCUT2D eigenvalue weighted by atomic mass is 9.98. The van der Waals surface area contributed by atoms with Crippen molar-refractivity contribution in [2.24, 2.45) is 0 Å². The van der Waals surface area contributed by atoms with Crippen molar-refractivity contribution in [3.05, 3.63) is 0 Å². The zero-order valence-corrected chi connectivity index (χ0v) is 9.12. The van der Waals surface area contributed by atoms with Crippen LogP contribution in [0.5, 0.6) is 0 Å². The molecule has 0 amide bonds. The fraction of sp³-hybridized carbons (Fsp3) is 1.00. The SMILES string of the molecule is OC1CCCCCC(O)CCCCC1. The summed E-state index contributed by atoms with van der Waals surface area (Å²) in [5.74, 6) is 0. The number of hydrogen-bond donors (Lipinski definition) is 2. The first kappa shape index (κ1) is 12.0. The van der Waals surface area contributed by atoms with E-state index in [9.17, 15) is 10.2 Å². The van der Waals surface area contributed by atoms with Crippen LogP contribution in [-0.4, -0.2) is 22.4 Å². The first-order chi connectivity index (χ1) is 6.79. The highest BCUT2D eigenvalue weighted by Crippen LogP contribution is 2.16. The average Bonchev–Trinajstić information content (AvgIpc) is 2.14. The molecule has 0 unspecified atom stereocenters. The van der Waals surface area contributed by atoms with Gasteiger partial charge in [0, 0.05) is 0 Å². The van der Waals surface area contributed by atoms with Crippen molar-refractivity contribution in [3.8, 4) is 0 Å². The van der Waals surface area contributed by atoms with E-state index >= 15 is 0 Å². The van der Waals surface area contributed by atoms with E-state index in [2.05, 4.69) is 0 Å². The van der Waals surface area contributed by atoms with Crippen molar-refractivity contribution in [1.29, 1.82) is 0 Å². The largest absolute Gasteiger partial charge is 0.393 e. The number of rotatable bonds is 0. The van der Waals surface area contributed by atoms with Crippen molar-refractivity contribution in [2.75, 3.05) is 0 Å². The van der Waals surface area contributed by atoms with Crippen molar-refractivity contribution in [1.82, 2.24) is 0 Å². The van der Waals surface area contributed by atoms with Crippen molar-refractivity contribution >= 4 is 0 Å². The molecule has 0 atom stereocenters. The lowest BCUT2D eigenvalue weighted by Gasteiger charge is -2.14. The normalized spacial score (nSPS) is 33.0. The zero-order chi connectivity index (χ0) is 10.2. The van der Waals surface area contributed by atoms with Crippen molar-refractivity contribution in [2.45, 2.75) is 76.4 Å². The molecule has 0 heterocycles. The molecule has 0 bridgehead atoms. The van der Waals surface area contributed by atoms with Gasteiger partial charge in [-0.3, -0.25) is 0 Å². The van der Waals surface area contributed by atoms with Crippen LogP contribution in [0.3, 0.4) is 0 Å². The fourth-order valence-electron chi connectivity index (χ4n) is 2.16. The quantitative estimate of drug-likeness (QED) is 0.631. The summed E-state index contributed by atoms with van der Waals surface area (Å²) in [7, 11) is 0. The molecule has 0 radical (unpaired) electrons. The van der Waals surface area contributed by atoms with Crippen LogP contribution in [0.1, 0.15) is 64.2 Å². The van der Waals surface area contributed by atoms with Gasteiger partial charge in [-0.25, -0.2) is 0 Å². The zero-order valence-electron chi connectivity index (χ0n) is 9.12. The van der Waals surface area contributed by atoms with E-state index in [-0.39, 0.29) is 12.2 Å². The summed E-state index contributed by atoms with van der Waals surface area (Å²) in [5, 5.41) is 19.2. The van der Waals surface area contributed by atoms with Gasteiger partial charge in [0.15, 0.2) is 0 Å². The maximum absolute atomic E-state index is 9.60. The lowest BCUT2D eigenvalue weighted by molar-refractivity contribution is 0.130. The number of hydrogen-bond acceptors (Lipinski definition) is 2. The minimum Gasteiger partial charge on any atom is -0.393 e. The second-order valence-electron chi connectivity index (χ2n) is 4.58. The van der Waals surface area contributed by atoms with Crippen LogP contribution in [-0.2, 0) is 0 Å². The van der Waals surface area contributed by atoms with E-state index in [4.69, 9.17) is 0 Å². The Hall–Kier alpha value is -0.0800. The minimum atomic E-state index is -0.0700. The molecular weight excluding hydrogens is 176 g/mol. The summed E-state index contributed by atoms with van der Waals surface area (Å²) < 4.78 is 0. The monoisotopic (exact) mass is 200 g/mol. The molecule has 0 aromatic carbocycles. The summed E-state index contributed by atoms with van der Waals surface area (Å²) in [4.78, 5) is 0. The van der Waals surface area contributed by atoms with Gasteiger partial charge < -0.3 is 10.2 Å². The molecule has 0 aliphatic heterocycles. The van der Waals surface area contributed by atoms with Crippen molar-refractivity contribution < 1.29 is 10.2 Å². The Morgan fingerprint density at radius 1 is 0.500 bits per heavy atom. The molecule has 2 heteroatoms. The summed E-state index contributed by atoms with van der Waals surface area (Å²) in [6, 6.07) is 0. The highest BCUT2D eigenvalue weighted by molar-refractivity contribution is 4.62. The molecule has 0 spiro atoms. The Morgan fingerprint density at radius 3 is 1.07 bits per heavy atom. The third-order valence-electron chi connectivity index (χ3n) is 3.15. The van der Waals surface area contributed by atoms with E-state index in [1.165, 1.54) is 0 Å². The Labute approximate surface area is 87.3 Å². The molecule has 0 saturated heterocycles. The highest BCUT2D eigenvalue weighted by Gasteiger charge is 2.08. The molecule has 1 rings (SSSR count). The molecule has 0 aromatic heterocycles. The Kier molecular flexibility index (Phi) is 6.20. The molecule has 2 N–H and O–H groups in total. The van der Waals surface area contributed by atoms with E-state index in [0.717, 1.165) is 64.2 Å². The summed E-state index contributed by atoms with van der Waals surface area (Å²) >= 11 is 0. The van der Waals surface area contributed by atoms with Crippen LogP contribution in [0.25, 0.3) is 0 Å².